The highest BCUT2D eigenvalue weighted by molar-refractivity contribution is 6.17. The molecule has 0 atom stereocenters. The second-order valence-corrected chi connectivity index (χ2v) is 12.1. The summed E-state index contributed by atoms with van der Waals surface area (Å²) in [6.45, 7) is 0. The minimum absolute atomic E-state index is 0.630. The lowest BCUT2D eigenvalue weighted by Crippen LogP contribution is -2.02. The van der Waals surface area contributed by atoms with Crippen LogP contribution in [-0.4, -0.2) is 19.5 Å². The van der Waals surface area contributed by atoms with E-state index in [0.29, 0.717) is 17.5 Å². The molecule has 0 spiro atoms. The molecule has 2 heterocycles. The van der Waals surface area contributed by atoms with Crippen LogP contribution < -0.4 is 0 Å². The molecule has 49 heavy (non-hydrogen) atoms. The number of hydrogen-bond donors (Lipinski definition) is 0. The molecule has 0 aliphatic heterocycles. The first-order chi connectivity index (χ1) is 24.3. The first-order valence-corrected chi connectivity index (χ1v) is 16.5. The Morgan fingerprint density at radius 2 is 0.735 bits per heavy atom. The highest BCUT2D eigenvalue weighted by Crippen LogP contribution is 2.42. The normalized spacial score (nSPS) is 11.3. The highest BCUT2D eigenvalue weighted by atomic mass is 15.0. The van der Waals surface area contributed by atoms with Gasteiger partial charge in [-0.15, -0.1) is 0 Å². The lowest BCUT2D eigenvalue weighted by Gasteiger charge is -2.14. The Bertz CT molecular complexity index is 2520. The molecule has 7 aromatic carbocycles. The maximum atomic E-state index is 5.14. The third kappa shape index (κ3) is 5.16. The number of fused-ring (bicyclic) bond motifs is 3. The zero-order valence-electron chi connectivity index (χ0n) is 26.6. The second-order valence-electron chi connectivity index (χ2n) is 12.1. The number of para-hydroxylation sites is 3. The molecule has 0 unspecified atom stereocenters. The maximum Gasteiger partial charge on any atom is 0.166 e. The summed E-state index contributed by atoms with van der Waals surface area (Å²) in [6, 6.07) is 63.3. The molecule has 0 radical (unpaired) electrons. The van der Waals surface area contributed by atoms with Gasteiger partial charge in [0.1, 0.15) is 0 Å². The monoisotopic (exact) mass is 626 g/mol. The number of rotatable bonds is 6. The van der Waals surface area contributed by atoms with Crippen LogP contribution in [0.2, 0.25) is 0 Å². The SMILES string of the molecule is c1ccc(-c2cccc(-c3cccc4c5cccc(-c6nc(-c7ccccc7)nc(-c7ccccc7)n6)c5n(-c5ccccc5)c34)c2)cc1. The molecule has 9 rings (SSSR count). The molecule has 0 aliphatic carbocycles. The lowest BCUT2D eigenvalue weighted by atomic mass is 9.97. The predicted octanol–water partition coefficient (Wildman–Crippen LogP) is 11.3. The van der Waals surface area contributed by atoms with Gasteiger partial charge < -0.3 is 4.57 Å². The Morgan fingerprint density at radius 3 is 1.33 bits per heavy atom. The van der Waals surface area contributed by atoms with Gasteiger partial charge in [-0.3, -0.25) is 0 Å². The number of nitrogens with zero attached hydrogens (tertiary/aromatic N) is 4. The van der Waals surface area contributed by atoms with Crippen molar-refractivity contribution in [3.8, 4) is 62.1 Å². The van der Waals surface area contributed by atoms with Gasteiger partial charge >= 0.3 is 0 Å². The number of hydrogen-bond acceptors (Lipinski definition) is 3. The first-order valence-electron chi connectivity index (χ1n) is 16.5. The van der Waals surface area contributed by atoms with E-state index in [1.165, 1.54) is 16.5 Å². The molecule has 4 heteroatoms. The Kier molecular flexibility index (Phi) is 7.10. The largest absolute Gasteiger partial charge is 0.308 e. The molecule has 0 fully saturated rings. The fraction of sp³-hybridized carbons (Fsp3) is 0. The highest BCUT2D eigenvalue weighted by Gasteiger charge is 2.22. The second kappa shape index (κ2) is 12.2. The van der Waals surface area contributed by atoms with Crippen molar-refractivity contribution in [2.75, 3.05) is 0 Å². The summed E-state index contributed by atoms with van der Waals surface area (Å²) in [4.78, 5) is 15.3. The summed E-state index contributed by atoms with van der Waals surface area (Å²) < 4.78 is 2.39. The first kappa shape index (κ1) is 28.6. The Hall–Kier alpha value is -6.65. The minimum Gasteiger partial charge on any atom is -0.308 e. The van der Waals surface area contributed by atoms with Crippen LogP contribution >= 0.6 is 0 Å². The number of benzene rings is 7. The van der Waals surface area contributed by atoms with E-state index in [2.05, 4.69) is 126 Å². The van der Waals surface area contributed by atoms with Crippen LogP contribution in [0, 0.1) is 0 Å². The average molecular weight is 627 g/mol. The summed E-state index contributed by atoms with van der Waals surface area (Å²) >= 11 is 0. The standard InChI is InChI=1S/C45H30N4/c1-5-16-31(17-6-1)34-22-13-23-35(30-34)37-26-14-27-38-39-28-15-29-40(42(39)49(41(37)38)36-24-11-4-12-25-36)45-47-43(32-18-7-2-8-19-32)46-44(48-45)33-20-9-3-10-21-33/h1-30H. The molecule has 0 bridgehead atoms. The summed E-state index contributed by atoms with van der Waals surface area (Å²) in [6.07, 6.45) is 0. The quantitative estimate of drug-likeness (QED) is 0.184. The van der Waals surface area contributed by atoms with Gasteiger partial charge in [0, 0.05) is 38.7 Å². The van der Waals surface area contributed by atoms with Gasteiger partial charge in [-0.05, 0) is 41.0 Å². The fourth-order valence-electron chi connectivity index (χ4n) is 6.79. The van der Waals surface area contributed by atoms with E-state index in [4.69, 9.17) is 15.0 Å². The molecule has 0 N–H and O–H groups in total. The average Bonchev–Trinajstić information content (AvgIpc) is 3.54. The smallest absolute Gasteiger partial charge is 0.166 e. The minimum atomic E-state index is 0.630. The molecule has 2 aromatic heterocycles. The van der Waals surface area contributed by atoms with Crippen LogP contribution in [0.1, 0.15) is 0 Å². The Labute approximate surface area is 284 Å². The van der Waals surface area contributed by atoms with E-state index in [-0.39, 0.29) is 0 Å². The van der Waals surface area contributed by atoms with Gasteiger partial charge in [0.05, 0.1) is 11.0 Å². The van der Waals surface area contributed by atoms with Crippen molar-refractivity contribution in [2.24, 2.45) is 0 Å². The zero-order valence-corrected chi connectivity index (χ0v) is 26.6. The molecule has 9 aromatic rings. The molecule has 0 amide bonds. The third-order valence-corrected chi connectivity index (χ3v) is 9.04. The Morgan fingerprint density at radius 1 is 0.306 bits per heavy atom. The molecule has 0 saturated carbocycles. The van der Waals surface area contributed by atoms with Crippen molar-refractivity contribution >= 4 is 21.8 Å². The Balaban J connectivity index is 1.35. The van der Waals surface area contributed by atoms with Gasteiger partial charge in [-0.1, -0.05) is 158 Å². The topological polar surface area (TPSA) is 43.6 Å². The maximum absolute atomic E-state index is 5.14. The lowest BCUT2D eigenvalue weighted by molar-refractivity contribution is 1.07. The van der Waals surface area contributed by atoms with Crippen molar-refractivity contribution in [2.45, 2.75) is 0 Å². The van der Waals surface area contributed by atoms with E-state index in [1.807, 2.05) is 60.7 Å². The van der Waals surface area contributed by atoms with E-state index in [9.17, 15) is 0 Å². The molecule has 0 saturated heterocycles. The van der Waals surface area contributed by atoms with Crippen molar-refractivity contribution in [3.63, 3.8) is 0 Å². The summed E-state index contributed by atoms with van der Waals surface area (Å²) in [7, 11) is 0. The van der Waals surface area contributed by atoms with Crippen molar-refractivity contribution in [1.29, 1.82) is 0 Å². The van der Waals surface area contributed by atoms with E-state index < -0.39 is 0 Å². The van der Waals surface area contributed by atoms with E-state index in [1.54, 1.807) is 0 Å². The number of aromatic nitrogens is 4. The summed E-state index contributed by atoms with van der Waals surface area (Å²) in [5.41, 5.74) is 10.8. The molecular formula is C45H30N4. The van der Waals surface area contributed by atoms with Crippen molar-refractivity contribution in [3.05, 3.63) is 182 Å². The molecular weight excluding hydrogens is 597 g/mol. The van der Waals surface area contributed by atoms with Crippen LogP contribution in [0.4, 0.5) is 0 Å². The van der Waals surface area contributed by atoms with Gasteiger partial charge in [0.25, 0.3) is 0 Å². The third-order valence-electron chi connectivity index (χ3n) is 9.04. The van der Waals surface area contributed by atoms with Gasteiger partial charge in [0.15, 0.2) is 17.5 Å². The van der Waals surface area contributed by atoms with Gasteiger partial charge in [0.2, 0.25) is 0 Å². The van der Waals surface area contributed by atoms with Crippen molar-refractivity contribution in [1.82, 2.24) is 19.5 Å². The molecule has 230 valence electrons. The van der Waals surface area contributed by atoms with Gasteiger partial charge in [-0.25, -0.2) is 15.0 Å². The molecule has 0 aliphatic rings. The van der Waals surface area contributed by atoms with Crippen LogP contribution in [0.5, 0.6) is 0 Å². The van der Waals surface area contributed by atoms with Crippen LogP contribution in [0.15, 0.2) is 182 Å². The van der Waals surface area contributed by atoms with E-state index >= 15 is 0 Å². The zero-order chi connectivity index (χ0) is 32.6. The van der Waals surface area contributed by atoms with Crippen molar-refractivity contribution < 1.29 is 0 Å². The van der Waals surface area contributed by atoms with Crippen LogP contribution in [0.3, 0.4) is 0 Å². The fourth-order valence-corrected chi connectivity index (χ4v) is 6.79. The summed E-state index contributed by atoms with van der Waals surface area (Å²) in [5.74, 6) is 1.91. The van der Waals surface area contributed by atoms with Crippen LogP contribution in [0.25, 0.3) is 83.9 Å². The van der Waals surface area contributed by atoms with E-state index in [0.717, 1.165) is 49.9 Å². The summed E-state index contributed by atoms with van der Waals surface area (Å²) in [5, 5.41) is 2.31. The molecule has 4 nitrogen and oxygen atoms in total. The van der Waals surface area contributed by atoms with Crippen LogP contribution in [-0.2, 0) is 0 Å². The van der Waals surface area contributed by atoms with Gasteiger partial charge in [-0.2, -0.15) is 0 Å². The predicted molar refractivity (Wildman–Crippen MR) is 201 cm³/mol.